The minimum absolute atomic E-state index is 0.100. The lowest BCUT2D eigenvalue weighted by atomic mass is 9.97. The number of fused-ring (bicyclic) bond motifs is 3. The van der Waals surface area contributed by atoms with Crippen molar-refractivity contribution >= 4 is 16.7 Å². The Bertz CT molecular complexity index is 675. The third kappa shape index (κ3) is 1.07. The van der Waals surface area contributed by atoms with Gasteiger partial charge in [0.25, 0.3) is 0 Å². The van der Waals surface area contributed by atoms with Crippen molar-refractivity contribution in [3.63, 3.8) is 0 Å². The number of Topliss-reactive ketones (excluding diaryl/α,β-unsaturated/α-hetero) is 1. The molecule has 0 spiro atoms. The number of hydrogen-bond acceptors (Lipinski definition) is 2. The minimum atomic E-state index is -0.310. The molecule has 1 heterocycles. The van der Waals surface area contributed by atoms with Crippen LogP contribution in [0.25, 0.3) is 10.9 Å². The number of benzene rings is 1. The fourth-order valence-electron chi connectivity index (χ4n) is 2.82. The highest BCUT2D eigenvalue weighted by molar-refractivity contribution is 6.13. The van der Waals surface area contributed by atoms with Crippen molar-refractivity contribution in [3.05, 3.63) is 35.5 Å². The second-order valence-electron chi connectivity index (χ2n) is 4.60. The largest absolute Gasteiger partial charge is 0.346 e. The molecule has 1 aliphatic carbocycles. The van der Waals surface area contributed by atoms with Crippen molar-refractivity contribution in [1.29, 1.82) is 5.26 Å². The monoisotopic (exact) mass is 224 g/mol. The number of hydrogen-bond donors (Lipinski definition) is 0. The van der Waals surface area contributed by atoms with Gasteiger partial charge < -0.3 is 4.57 Å². The molecule has 3 heteroatoms. The van der Waals surface area contributed by atoms with Crippen molar-refractivity contribution in [1.82, 2.24) is 4.57 Å². The van der Waals surface area contributed by atoms with E-state index in [2.05, 4.69) is 6.07 Å². The number of carbonyl (C=O) groups excluding carboxylic acids is 1. The van der Waals surface area contributed by atoms with Crippen LogP contribution in [0, 0.1) is 17.2 Å². The number of nitrogens with zero attached hydrogens (tertiary/aromatic N) is 2. The molecule has 1 aromatic carbocycles. The van der Waals surface area contributed by atoms with Crippen molar-refractivity contribution in [3.8, 4) is 6.07 Å². The van der Waals surface area contributed by atoms with Crippen LogP contribution in [0.1, 0.15) is 28.9 Å². The van der Waals surface area contributed by atoms with Gasteiger partial charge in [-0.3, -0.25) is 4.79 Å². The third-order valence-corrected chi connectivity index (χ3v) is 3.75. The van der Waals surface area contributed by atoms with Gasteiger partial charge in [-0.1, -0.05) is 25.1 Å². The standard InChI is InChI=1S/C14H12N2O/c1-8-10(7-15)13-12(14(8)17)9-5-3-4-6-11(9)16(13)2/h3-6,8,10H,1-2H3. The van der Waals surface area contributed by atoms with Crippen LogP contribution in [0.3, 0.4) is 0 Å². The highest BCUT2D eigenvalue weighted by atomic mass is 16.1. The summed E-state index contributed by atoms with van der Waals surface area (Å²) in [6, 6.07) is 10.1. The molecule has 2 aromatic rings. The summed E-state index contributed by atoms with van der Waals surface area (Å²) in [6.45, 7) is 1.84. The molecule has 2 atom stereocenters. The zero-order chi connectivity index (χ0) is 12.2. The van der Waals surface area contributed by atoms with Crippen molar-refractivity contribution in [2.75, 3.05) is 0 Å². The fourth-order valence-corrected chi connectivity index (χ4v) is 2.82. The first-order valence-corrected chi connectivity index (χ1v) is 5.68. The van der Waals surface area contributed by atoms with Crippen LogP contribution in [-0.4, -0.2) is 10.4 Å². The van der Waals surface area contributed by atoms with Crippen LogP contribution in [0.5, 0.6) is 0 Å². The van der Waals surface area contributed by atoms with E-state index in [1.807, 2.05) is 42.8 Å². The molecule has 0 amide bonds. The van der Waals surface area contributed by atoms with Crippen LogP contribution in [0.15, 0.2) is 24.3 Å². The minimum Gasteiger partial charge on any atom is -0.346 e. The van der Waals surface area contributed by atoms with Crippen LogP contribution in [0.4, 0.5) is 0 Å². The number of para-hydroxylation sites is 1. The molecule has 1 aliphatic rings. The lowest BCUT2D eigenvalue weighted by molar-refractivity contribution is 0.0942. The van der Waals surface area contributed by atoms with Crippen LogP contribution in [-0.2, 0) is 7.05 Å². The van der Waals surface area contributed by atoms with Gasteiger partial charge in [-0.15, -0.1) is 0 Å². The maximum absolute atomic E-state index is 12.2. The Morgan fingerprint density at radius 2 is 2.06 bits per heavy atom. The highest BCUT2D eigenvalue weighted by Gasteiger charge is 2.41. The number of ketones is 1. The summed E-state index contributed by atoms with van der Waals surface area (Å²) in [4.78, 5) is 12.2. The van der Waals surface area contributed by atoms with Gasteiger partial charge in [0.15, 0.2) is 5.78 Å². The summed E-state index contributed by atoms with van der Waals surface area (Å²) >= 11 is 0. The maximum Gasteiger partial charge on any atom is 0.169 e. The van der Waals surface area contributed by atoms with Gasteiger partial charge in [-0.2, -0.15) is 5.26 Å². The van der Waals surface area contributed by atoms with E-state index < -0.39 is 0 Å². The Labute approximate surface area is 99.3 Å². The van der Waals surface area contributed by atoms with Crippen LogP contribution >= 0.6 is 0 Å². The number of nitriles is 1. The fraction of sp³-hybridized carbons (Fsp3) is 0.286. The predicted molar refractivity (Wildman–Crippen MR) is 64.8 cm³/mol. The average Bonchev–Trinajstić information content (AvgIpc) is 2.77. The van der Waals surface area contributed by atoms with Gasteiger partial charge in [-0.05, 0) is 6.07 Å². The van der Waals surface area contributed by atoms with E-state index in [4.69, 9.17) is 0 Å². The lowest BCUT2D eigenvalue weighted by Gasteiger charge is -2.09. The van der Waals surface area contributed by atoms with E-state index >= 15 is 0 Å². The summed E-state index contributed by atoms with van der Waals surface area (Å²) in [5.74, 6) is -0.431. The van der Waals surface area contributed by atoms with E-state index in [1.54, 1.807) is 0 Å². The molecule has 0 aliphatic heterocycles. The van der Waals surface area contributed by atoms with Gasteiger partial charge in [0.05, 0.1) is 12.0 Å². The Hall–Kier alpha value is -2.08. The maximum atomic E-state index is 12.2. The van der Waals surface area contributed by atoms with E-state index in [1.165, 1.54) is 0 Å². The Balaban J connectivity index is 2.46. The number of carbonyl (C=O) groups is 1. The molecule has 2 unspecified atom stereocenters. The smallest absolute Gasteiger partial charge is 0.169 e. The first-order chi connectivity index (χ1) is 8.16. The highest BCUT2D eigenvalue weighted by Crippen LogP contribution is 2.42. The quantitative estimate of drug-likeness (QED) is 0.690. The Morgan fingerprint density at radius 3 is 2.76 bits per heavy atom. The zero-order valence-electron chi connectivity index (χ0n) is 9.77. The summed E-state index contributed by atoms with van der Waals surface area (Å²) < 4.78 is 1.99. The summed E-state index contributed by atoms with van der Waals surface area (Å²) in [5, 5.41) is 10.2. The first-order valence-electron chi connectivity index (χ1n) is 5.68. The molecule has 0 bridgehead atoms. The van der Waals surface area contributed by atoms with Gasteiger partial charge in [-0.25, -0.2) is 0 Å². The van der Waals surface area contributed by atoms with Crippen molar-refractivity contribution in [2.45, 2.75) is 12.8 Å². The molecular formula is C14H12N2O. The lowest BCUT2D eigenvalue weighted by Crippen LogP contribution is -2.10. The van der Waals surface area contributed by atoms with Gasteiger partial charge >= 0.3 is 0 Å². The topological polar surface area (TPSA) is 45.8 Å². The van der Waals surface area contributed by atoms with Crippen LogP contribution in [0.2, 0.25) is 0 Å². The van der Waals surface area contributed by atoms with Crippen molar-refractivity contribution < 1.29 is 4.79 Å². The molecule has 84 valence electrons. The Kier molecular flexibility index (Phi) is 1.90. The second kappa shape index (κ2) is 3.21. The first kappa shape index (κ1) is 10.1. The molecule has 0 N–H and O–H groups in total. The van der Waals surface area contributed by atoms with E-state index in [-0.39, 0.29) is 17.6 Å². The number of aromatic nitrogens is 1. The summed E-state index contributed by atoms with van der Waals surface area (Å²) in [5.41, 5.74) is 2.66. The summed E-state index contributed by atoms with van der Waals surface area (Å²) in [6.07, 6.45) is 0. The van der Waals surface area contributed by atoms with Crippen LogP contribution < -0.4 is 0 Å². The SMILES string of the molecule is CC1C(=O)c2c(n(C)c3ccccc23)C1C#N. The van der Waals surface area contributed by atoms with E-state index in [9.17, 15) is 10.1 Å². The summed E-state index contributed by atoms with van der Waals surface area (Å²) in [7, 11) is 1.93. The van der Waals surface area contributed by atoms with Gasteiger partial charge in [0.1, 0.15) is 0 Å². The Morgan fingerprint density at radius 1 is 1.35 bits per heavy atom. The van der Waals surface area contributed by atoms with Gasteiger partial charge in [0, 0.05) is 35.1 Å². The van der Waals surface area contributed by atoms with Gasteiger partial charge in [0.2, 0.25) is 0 Å². The predicted octanol–water partition coefficient (Wildman–Crippen LogP) is 2.62. The molecule has 3 rings (SSSR count). The number of aryl methyl sites for hydroxylation is 1. The molecule has 0 radical (unpaired) electrons. The second-order valence-corrected chi connectivity index (χ2v) is 4.60. The molecule has 0 fully saturated rings. The molecule has 3 nitrogen and oxygen atoms in total. The molecule has 1 aromatic heterocycles. The normalized spacial score (nSPS) is 22.8. The third-order valence-electron chi connectivity index (χ3n) is 3.75. The average molecular weight is 224 g/mol. The van der Waals surface area contributed by atoms with E-state index in [0.29, 0.717) is 0 Å². The number of rotatable bonds is 0. The van der Waals surface area contributed by atoms with Crippen molar-refractivity contribution in [2.24, 2.45) is 13.0 Å². The zero-order valence-corrected chi connectivity index (χ0v) is 9.77. The molecule has 0 saturated heterocycles. The molecule has 0 saturated carbocycles. The molecule has 17 heavy (non-hydrogen) atoms. The molecular weight excluding hydrogens is 212 g/mol. The van der Waals surface area contributed by atoms with E-state index in [0.717, 1.165) is 22.2 Å².